The van der Waals surface area contributed by atoms with Gasteiger partial charge in [-0.15, -0.1) is 0 Å². The Morgan fingerprint density at radius 1 is 0.767 bits per heavy atom. The van der Waals surface area contributed by atoms with Crippen LogP contribution in [0.5, 0.6) is 5.75 Å². The minimum atomic E-state index is 0.546. The summed E-state index contributed by atoms with van der Waals surface area (Å²) in [5, 5.41) is 0. The SMILES string of the molecule is Cc1c(-c2ccccc2)ccc2[nH]c(-c3cccc(OCc4ccccc4)c3)nc12. The van der Waals surface area contributed by atoms with Gasteiger partial charge in [-0.25, -0.2) is 4.98 Å². The zero-order chi connectivity index (χ0) is 20.3. The molecule has 1 heterocycles. The van der Waals surface area contributed by atoms with Crippen molar-refractivity contribution in [2.45, 2.75) is 13.5 Å². The number of rotatable bonds is 5. The van der Waals surface area contributed by atoms with E-state index in [1.165, 1.54) is 16.7 Å². The Balaban J connectivity index is 1.46. The Kier molecular flexibility index (Phi) is 4.78. The monoisotopic (exact) mass is 390 g/mol. The highest BCUT2D eigenvalue weighted by Gasteiger charge is 2.12. The van der Waals surface area contributed by atoms with Crippen LogP contribution in [-0.4, -0.2) is 9.97 Å². The molecule has 0 amide bonds. The predicted molar refractivity (Wildman–Crippen MR) is 122 cm³/mol. The fourth-order valence-electron chi connectivity index (χ4n) is 3.75. The van der Waals surface area contributed by atoms with Gasteiger partial charge in [0.05, 0.1) is 11.0 Å². The molecule has 0 unspecified atom stereocenters. The van der Waals surface area contributed by atoms with Gasteiger partial charge in [0.15, 0.2) is 0 Å². The molecule has 3 nitrogen and oxygen atoms in total. The molecule has 1 aromatic heterocycles. The van der Waals surface area contributed by atoms with E-state index in [9.17, 15) is 0 Å². The second kappa shape index (κ2) is 7.88. The van der Waals surface area contributed by atoms with E-state index in [0.717, 1.165) is 33.7 Å². The molecule has 0 spiro atoms. The van der Waals surface area contributed by atoms with Crippen molar-refractivity contribution in [1.29, 1.82) is 0 Å². The van der Waals surface area contributed by atoms with Gasteiger partial charge in [0.1, 0.15) is 18.2 Å². The summed E-state index contributed by atoms with van der Waals surface area (Å²) in [7, 11) is 0. The number of aromatic nitrogens is 2. The summed E-state index contributed by atoms with van der Waals surface area (Å²) in [5.74, 6) is 1.68. The van der Waals surface area contributed by atoms with Crippen LogP contribution in [0.4, 0.5) is 0 Å². The minimum absolute atomic E-state index is 0.546. The van der Waals surface area contributed by atoms with Crippen LogP contribution in [0.2, 0.25) is 0 Å². The van der Waals surface area contributed by atoms with E-state index in [-0.39, 0.29) is 0 Å². The van der Waals surface area contributed by atoms with Crippen LogP contribution in [0.3, 0.4) is 0 Å². The van der Waals surface area contributed by atoms with Crippen LogP contribution in [0.25, 0.3) is 33.5 Å². The third kappa shape index (κ3) is 3.58. The highest BCUT2D eigenvalue weighted by molar-refractivity contribution is 5.88. The lowest BCUT2D eigenvalue weighted by Gasteiger charge is -2.07. The molecule has 5 aromatic rings. The lowest BCUT2D eigenvalue weighted by Crippen LogP contribution is -1.95. The number of nitrogens with zero attached hydrogens (tertiary/aromatic N) is 1. The van der Waals surface area contributed by atoms with Gasteiger partial charge in [-0.2, -0.15) is 0 Å². The summed E-state index contributed by atoms with van der Waals surface area (Å²) in [4.78, 5) is 8.38. The molecule has 3 heteroatoms. The molecule has 0 aliphatic rings. The van der Waals surface area contributed by atoms with Crippen molar-refractivity contribution in [3.8, 4) is 28.3 Å². The summed E-state index contributed by atoms with van der Waals surface area (Å²) in [6.45, 7) is 2.68. The van der Waals surface area contributed by atoms with E-state index < -0.39 is 0 Å². The molecular formula is C27H22N2O. The first-order chi connectivity index (χ1) is 14.8. The fourth-order valence-corrected chi connectivity index (χ4v) is 3.75. The number of hydrogen-bond acceptors (Lipinski definition) is 2. The lowest BCUT2D eigenvalue weighted by atomic mass is 9.99. The van der Waals surface area contributed by atoms with Crippen molar-refractivity contribution < 1.29 is 4.74 Å². The summed E-state index contributed by atoms with van der Waals surface area (Å²) in [6.07, 6.45) is 0. The van der Waals surface area contributed by atoms with Crippen molar-refractivity contribution in [3.63, 3.8) is 0 Å². The molecule has 4 aromatic carbocycles. The Morgan fingerprint density at radius 3 is 2.30 bits per heavy atom. The quantitative estimate of drug-likeness (QED) is 0.359. The molecule has 30 heavy (non-hydrogen) atoms. The number of hydrogen-bond donors (Lipinski definition) is 1. The Morgan fingerprint density at radius 2 is 1.50 bits per heavy atom. The lowest BCUT2D eigenvalue weighted by molar-refractivity contribution is 0.306. The van der Waals surface area contributed by atoms with E-state index in [0.29, 0.717) is 6.61 Å². The maximum absolute atomic E-state index is 5.99. The normalized spacial score (nSPS) is 11.0. The van der Waals surface area contributed by atoms with E-state index in [4.69, 9.17) is 9.72 Å². The van der Waals surface area contributed by atoms with Crippen LogP contribution < -0.4 is 4.74 Å². The molecule has 0 fully saturated rings. The van der Waals surface area contributed by atoms with Crippen LogP contribution >= 0.6 is 0 Å². The average Bonchev–Trinajstić information content (AvgIpc) is 3.25. The molecule has 0 atom stereocenters. The zero-order valence-electron chi connectivity index (χ0n) is 16.8. The molecule has 0 saturated heterocycles. The average molecular weight is 390 g/mol. The molecule has 0 aliphatic carbocycles. The standard InChI is InChI=1S/C27H22N2O/c1-19-24(21-11-6-3-7-12-21)15-16-25-26(19)29-27(28-25)22-13-8-14-23(17-22)30-18-20-9-4-2-5-10-20/h2-17H,18H2,1H3,(H,28,29). The van der Waals surface area contributed by atoms with Gasteiger partial charge < -0.3 is 9.72 Å². The summed E-state index contributed by atoms with van der Waals surface area (Å²) in [5.41, 5.74) is 7.80. The number of nitrogens with one attached hydrogen (secondary N) is 1. The number of benzene rings is 4. The Hall–Kier alpha value is -3.85. The molecule has 0 bridgehead atoms. The van der Waals surface area contributed by atoms with Crippen molar-refractivity contribution >= 4 is 11.0 Å². The maximum atomic E-state index is 5.99. The molecule has 0 saturated carbocycles. The van der Waals surface area contributed by atoms with Crippen LogP contribution in [0, 0.1) is 6.92 Å². The van der Waals surface area contributed by atoms with Gasteiger partial charge in [-0.05, 0) is 47.4 Å². The van der Waals surface area contributed by atoms with E-state index in [1.807, 2.05) is 42.5 Å². The molecule has 5 rings (SSSR count). The van der Waals surface area contributed by atoms with Gasteiger partial charge in [0.25, 0.3) is 0 Å². The molecule has 0 radical (unpaired) electrons. The maximum Gasteiger partial charge on any atom is 0.138 e. The van der Waals surface area contributed by atoms with Crippen molar-refractivity contribution in [3.05, 3.63) is 108 Å². The van der Waals surface area contributed by atoms with Crippen LogP contribution in [0.1, 0.15) is 11.1 Å². The fraction of sp³-hybridized carbons (Fsp3) is 0.0741. The Bertz CT molecular complexity index is 1290. The second-order valence-corrected chi connectivity index (χ2v) is 7.39. The predicted octanol–water partition coefficient (Wildman–Crippen LogP) is 6.78. The van der Waals surface area contributed by atoms with Crippen molar-refractivity contribution in [2.24, 2.45) is 0 Å². The number of aromatic amines is 1. The first-order valence-electron chi connectivity index (χ1n) is 10.1. The largest absolute Gasteiger partial charge is 0.489 e. The molecule has 0 aliphatic heterocycles. The van der Waals surface area contributed by atoms with Gasteiger partial charge in [-0.1, -0.05) is 78.9 Å². The topological polar surface area (TPSA) is 37.9 Å². The molecule has 1 N–H and O–H groups in total. The zero-order valence-corrected chi connectivity index (χ0v) is 16.8. The second-order valence-electron chi connectivity index (χ2n) is 7.39. The van der Waals surface area contributed by atoms with Crippen LogP contribution in [0.15, 0.2) is 97.1 Å². The number of imidazole rings is 1. The number of H-pyrrole nitrogens is 1. The number of aryl methyl sites for hydroxylation is 1. The number of ether oxygens (including phenoxy) is 1. The highest BCUT2D eigenvalue weighted by Crippen LogP contribution is 2.31. The van der Waals surface area contributed by atoms with Crippen LogP contribution in [-0.2, 0) is 6.61 Å². The van der Waals surface area contributed by atoms with E-state index >= 15 is 0 Å². The third-order valence-corrected chi connectivity index (χ3v) is 5.35. The number of fused-ring (bicyclic) bond motifs is 1. The van der Waals surface area contributed by atoms with Gasteiger partial charge >= 0.3 is 0 Å². The van der Waals surface area contributed by atoms with Crippen molar-refractivity contribution in [2.75, 3.05) is 0 Å². The van der Waals surface area contributed by atoms with E-state index in [1.54, 1.807) is 0 Å². The molecular weight excluding hydrogens is 368 g/mol. The first-order valence-corrected chi connectivity index (χ1v) is 10.1. The van der Waals surface area contributed by atoms with Crippen molar-refractivity contribution in [1.82, 2.24) is 9.97 Å². The van der Waals surface area contributed by atoms with Gasteiger partial charge in [-0.3, -0.25) is 0 Å². The van der Waals surface area contributed by atoms with E-state index in [2.05, 4.69) is 66.5 Å². The summed E-state index contributed by atoms with van der Waals surface area (Å²) >= 11 is 0. The summed E-state index contributed by atoms with van der Waals surface area (Å²) in [6, 6.07) is 33.0. The Labute approximate surface area is 176 Å². The third-order valence-electron chi connectivity index (χ3n) is 5.35. The minimum Gasteiger partial charge on any atom is -0.489 e. The summed E-state index contributed by atoms with van der Waals surface area (Å²) < 4.78 is 5.99. The van der Waals surface area contributed by atoms with Gasteiger partial charge in [0.2, 0.25) is 0 Å². The first kappa shape index (κ1) is 18.2. The van der Waals surface area contributed by atoms with Gasteiger partial charge in [0, 0.05) is 5.56 Å². The highest BCUT2D eigenvalue weighted by atomic mass is 16.5. The smallest absolute Gasteiger partial charge is 0.138 e. The molecule has 146 valence electrons.